The van der Waals surface area contributed by atoms with Gasteiger partial charge < -0.3 is 14.4 Å². The molecule has 0 unspecified atom stereocenters. The van der Waals surface area contributed by atoms with Crippen LogP contribution in [0.25, 0.3) is 11.4 Å². The highest BCUT2D eigenvalue weighted by Gasteiger charge is 2.09. The standard InChI is InChI=1S/C18H20ClN5O2/c1-2-15-20-10-12-24(15)11-8-16(25)21-9-7-17-22-18(23-26-17)13-3-5-14(19)6-4-13/h3-6,10,12H,2,7-9,11H2,1H3,(H,21,25). The number of imidazole rings is 1. The minimum atomic E-state index is -0.0156. The van der Waals surface area contributed by atoms with Gasteiger partial charge in [-0.25, -0.2) is 4.98 Å². The lowest BCUT2D eigenvalue weighted by Gasteiger charge is -2.06. The molecule has 0 fully saturated rings. The lowest BCUT2D eigenvalue weighted by atomic mass is 10.2. The molecule has 1 N–H and O–H groups in total. The Morgan fingerprint density at radius 2 is 2.12 bits per heavy atom. The number of carbonyl (C=O) groups excluding carboxylic acids is 1. The van der Waals surface area contributed by atoms with Crippen molar-refractivity contribution in [3.8, 4) is 11.4 Å². The molecule has 0 aliphatic heterocycles. The molecule has 0 atom stereocenters. The number of aryl methyl sites for hydroxylation is 2. The lowest BCUT2D eigenvalue weighted by molar-refractivity contribution is -0.121. The predicted octanol–water partition coefficient (Wildman–Crippen LogP) is 2.90. The molecule has 0 bridgehead atoms. The van der Waals surface area contributed by atoms with Crippen molar-refractivity contribution in [2.45, 2.75) is 32.7 Å². The maximum Gasteiger partial charge on any atom is 0.228 e. The van der Waals surface area contributed by atoms with Crippen molar-refractivity contribution >= 4 is 17.5 Å². The molecule has 2 aromatic heterocycles. The Hall–Kier alpha value is -2.67. The summed E-state index contributed by atoms with van der Waals surface area (Å²) in [5.74, 6) is 1.96. The van der Waals surface area contributed by atoms with E-state index in [2.05, 4.69) is 20.4 Å². The second kappa shape index (κ2) is 8.62. The maximum absolute atomic E-state index is 12.0. The first-order valence-electron chi connectivity index (χ1n) is 8.51. The number of carbonyl (C=O) groups is 1. The van der Waals surface area contributed by atoms with Crippen LogP contribution in [0.5, 0.6) is 0 Å². The van der Waals surface area contributed by atoms with Gasteiger partial charge in [0.05, 0.1) is 0 Å². The van der Waals surface area contributed by atoms with Crippen LogP contribution in [0.15, 0.2) is 41.2 Å². The molecule has 1 aromatic carbocycles. The average molecular weight is 374 g/mol. The summed E-state index contributed by atoms with van der Waals surface area (Å²) in [5, 5.41) is 7.48. The Kier molecular flexibility index (Phi) is 6.01. The quantitative estimate of drug-likeness (QED) is 0.656. The van der Waals surface area contributed by atoms with Crippen molar-refractivity contribution in [1.82, 2.24) is 25.0 Å². The van der Waals surface area contributed by atoms with Gasteiger partial charge in [-0.1, -0.05) is 23.7 Å². The van der Waals surface area contributed by atoms with E-state index in [1.165, 1.54) is 0 Å². The first kappa shape index (κ1) is 18.1. The molecule has 8 heteroatoms. The fraction of sp³-hybridized carbons (Fsp3) is 0.333. The predicted molar refractivity (Wildman–Crippen MR) is 97.7 cm³/mol. The summed E-state index contributed by atoms with van der Waals surface area (Å²) in [5.41, 5.74) is 0.834. The number of aromatic nitrogens is 4. The van der Waals surface area contributed by atoms with Gasteiger partial charge in [0.2, 0.25) is 17.6 Å². The van der Waals surface area contributed by atoms with Gasteiger partial charge >= 0.3 is 0 Å². The van der Waals surface area contributed by atoms with E-state index in [1.807, 2.05) is 29.8 Å². The van der Waals surface area contributed by atoms with Gasteiger partial charge in [0.25, 0.3) is 0 Å². The number of rotatable bonds is 8. The fourth-order valence-corrected chi connectivity index (χ4v) is 2.68. The van der Waals surface area contributed by atoms with Crippen molar-refractivity contribution in [2.24, 2.45) is 0 Å². The normalized spacial score (nSPS) is 10.8. The summed E-state index contributed by atoms with van der Waals surface area (Å²) >= 11 is 5.87. The van der Waals surface area contributed by atoms with E-state index in [-0.39, 0.29) is 5.91 Å². The minimum Gasteiger partial charge on any atom is -0.356 e. The van der Waals surface area contributed by atoms with Gasteiger partial charge in [0.15, 0.2) is 0 Å². The Morgan fingerprint density at radius 1 is 1.31 bits per heavy atom. The number of hydrogen-bond acceptors (Lipinski definition) is 5. The Morgan fingerprint density at radius 3 is 2.88 bits per heavy atom. The first-order chi connectivity index (χ1) is 12.7. The second-order valence-corrected chi connectivity index (χ2v) is 6.20. The third-order valence-electron chi connectivity index (χ3n) is 3.93. The molecule has 0 spiro atoms. The molecular formula is C18H20ClN5O2. The van der Waals surface area contributed by atoms with E-state index in [4.69, 9.17) is 16.1 Å². The topological polar surface area (TPSA) is 85.8 Å². The van der Waals surface area contributed by atoms with E-state index in [9.17, 15) is 4.79 Å². The lowest BCUT2D eigenvalue weighted by Crippen LogP contribution is -2.26. The van der Waals surface area contributed by atoms with Crippen LogP contribution in [0.1, 0.15) is 25.1 Å². The number of nitrogens with one attached hydrogen (secondary N) is 1. The number of amides is 1. The summed E-state index contributed by atoms with van der Waals surface area (Å²) in [6.45, 7) is 3.11. The molecule has 0 aliphatic carbocycles. The third kappa shape index (κ3) is 4.70. The van der Waals surface area contributed by atoms with Gasteiger partial charge in [0, 0.05) is 55.3 Å². The van der Waals surface area contributed by atoms with Crippen LogP contribution >= 0.6 is 11.6 Å². The monoisotopic (exact) mass is 373 g/mol. The first-order valence-corrected chi connectivity index (χ1v) is 8.88. The molecule has 136 valence electrons. The zero-order valence-electron chi connectivity index (χ0n) is 14.5. The summed E-state index contributed by atoms with van der Waals surface area (Å²) < 4.78 is 7.22. The van der Waals surface area contributed by atoms with E-state index >= 15 is 0 Å². The zero-order chi connectivity index (χ0) is 18.4. The van der Waals surface area contributed by atoms with Crippen molar-refractivity contribution in [1.29, 1.82) is 0 Å². The van der Waals surface area contributed by atoms with Gasteiger partial charge in [-0.05, 0) is 24.3 Å². The Balaban J connectivity index is 1.43. The van der Waals surface area contributed by atoms with E-state index < -0.39 is 0 Å². The number of halogens is 1. The van der Waals surface area contributed by atoms with Crippen molar-refractivity contribution in [3.63, 3.8) is 0 Å². The largest absolute Gasteiger partial charge is 0.356 e. The summed E-state index contributed by atoms with van der Waals surface area (Å²) in [4.78, 5) is 20.5. The smallest absolute Gasteiger partial charge is 0.228 e. The van der Waals surface area contributed by atoms with Crippen LogP contribution in [-0.2, 0) is 24.2 Å². The van der Waals surface area contributed by atoms with Crippen LogP contribution in [0, 0.1) is 0 Å². The van der Waals surface area contributed by atoms with Crippen LogP contribution in [0.2, 0.25) is 5.02 Å². The van der Waals surface area contributed by atoms with Crippen LogP contribution < -0.4 is 5.32 Å². The fourth-order valence-electron chi connectivity index (χ4n) is 2.55. The maximum atomic E-state index is 12.0. The van der Waals surface area contributed by atoms with Gasteiger partial charge in [0.1, 0.15) is 5.82 Å². The van der Waals surface area contributed by atoms with Crippen LogP contribution in [0.4, 0.5) is 0 Å². The number of benzene rings is 1. The Bertz CT molecular complexity index is 857. The molecule has 0 saturated heterocycles. The molecule has 3 rings (SSSR count). The molecule has 0 aliphatic rings. The molecule has 0 saturated carbocycles. The molecule has 2 heterocycles. The van der Waals surface area contributed by atoms with Crippen LogP contribution in [0.3, 0.4) is 0 Å². The summed E-state index contributed by atoms with van der Waals surface area (Å²) in [6.07, 6.45) is 5.38. The third-order valence-corrected chi connectivity index (χ3v) is 4.18. The van der Waals surface area contributed by atoms with E-state index in [1.54, 1.807) is 18.3 Å². The van der Waals surface area contributed by atoms with Crippen molar-refractivity contribution < 1.29 is 9.32 Å². The van der Waals surface area contributed by atoms with E-state index in [0.717, 1.165) is 17.8 Å². The van der Waals surface area contributed by atoms with Gasteiger partial charge in [-0.2, -0.15) is 4.98 Å². The van der Waals surface area contributed by atoms with Gasteiger partial charge in [-0.15, -0.1) is 0 Å². The highest BCUT2D eigenvalue weighted by molar-refractivity contribution is 6.30. The molecule has 0 radical (unpaired) electrons. The summed E-state index contributed by atoms with van der Waals surface area (Å²) in [6, 6.07) is 7.22. The molecule has 1 amide bonds. The SMILES string of the molecule is CCc1nccn1CCC(=O)NCCc1nc(-c2ccc(Cl)cc2)no1. The molecular weight excluding hydrogens is 354 g/mol. The molecule has 7 nitrogen and oxygen atoms in total. The van der Waals surface area contributed by atoms with Crippen molar-refractivity contribution in [2.75, 3.05) is 6.54 Å². The number of nitrogens with zero attached hydrogens (tertiary/aromatic N) is 4. The zero-order valence-corrected chi connectivity index (χ0v) is 15.2. The molecule has 3 aromatic rings. The second-order valence-electron chi connectivity index (χ2n) is 5.76. The average Bonchev–Trinajstić information content (AvgIpc) is 3.29. The summed E-state index contributed by atoms with van der Waals surface area (Å²) in [7, 11) is 0. The number of hydrogen-bond donors (Lipinski definition) is 1. The molecule has 26 heavy (non-hydrogen) atoms. The van der Waals surface area contributed by atoms with Crippen molar-refractivity contribution in [3.05, 3.63) is 53.4 Å². The van der Waals surface area contributed by atoms with Crippen LogP contribution in [-0.4, -0.2) is 32.1 Å². The van der Waals surface area contributed by atoms with Gasteiger partial charge in [-0.3, -0.25) is 4.79 Å². The Labute approximate surface area is 156 Å². The highest BCUT2D eigenvalue weighted by atomic mass is 35.5. The van der Waals surface area contributed by atoms with E-state index in [0.29, 0.717) is 42.7 Å². The minimum absolute atomic E-state index is 0.0156. The highest BCUT2D eigenvalue weighted by Crippen LogP contribution is 2.18.